The summed E-state index contributed by atoms with van der Waals surface area (Å²) in [6.45, 7) is 14.2. The Morgan fingerprint density at radius 1 is 0.562 bits per heavy atom. The van der Waals surface area contributed by atoms with Crippen molar-refractivity contribution in [3.8, 4) is 0 Å². The van der Waals surface area contributed by atoms with Crippen molar-refractivity contribution in [1.82, 2.24) is 0 Å². The molecule has 6 N–H and O–H groups in total. The fourth-order valence-electron chi connectivity index (χ4n) is 3.61. The molecule has 0 radical (unpaired) electrons. The van der Waals surface area contributed by atoms with E-state index in [1.165, 1.54) is 13.0 Å². The molecule has 0 unspecified atom stereocenters. The van der Waals surface area contributed by atoms with Gasteiger partial charge in [-0.1, -0.05) is 45.1 Å². The van der Waals surface area contributed by atoms with Crippen molar-refractivity contribution >= 4 is 5.97 Å². The lowest BCUT2D eigenvalue weighted by Crippen LogP contribution is -2.35. The summed E-state index contributed by atoms with van der Waals surface area (Å²) in [5.41, 5.74) is 2.45. The molecule has 8 atom stereocenters. The van der Waals surface area contributed by atoms with Crippen molar-refractivity contribution < 1.29 is 35.4 Å². The maximum atomic E-state index is 10.8. The van der Waals surface area contributed by atoms with E-state index >= 15 is 0 Å². The lowest BCUT2D eigenvalue weighted by atomic mass is 9.88. The predicted octanol–water partition coefficient (Wildman–Crippen LogP) is 2.59. The van der Waals surface area contributed by atoms with Crippen LogP contribution in [0, 0.1) is 17.8 Å². The Morgan fingerprint density at radius 2 is 0.844 bits per heavy atom. The van der Waals surface area contributed by atoms with Crippen molar-refractivity contribution in [3.63, 3.8) is 0 Å². The number of aliphatic hydroxyl groups excluding tert-OH is 5. The molecule has 0 amide bonds. The summed E-state index contributed by atoms with van der Waals surface area (Å²) in [4.78, 5) is 10.8. The van der Waals surface area contributed by atoms with E-state index in [0.717, 1.165) is 11.1 Å². The van der Waals surface area contributed by atoms with Gasteiger partial charge in [0, 0.05) is 17.8 Å². The highest BCUT2D eigenvalue weighted by atomic mass is 16.4. The molecule has 0 fully saturated rings. The summed E-state index contributed by atoms with van der Waals surface area (Å²) in [6, 6.07) is 0. The first kappa shape index (κ1) is 30.2. The molecule has 0 aliphatic carbocycles. The molecule has 0 saturated carbocycles. The van der Waals surface area contributed by atoms with E-state index in [4.69, 9.17) is 5.11 Å². The molecule has 0 aromatic rings. The number of allylic oxidation sites excluding steroid dienone is 1. The van der Waals surface area contributed by atoms with Gasteiger partial charge in [0.2, 0.25) is 0 Å². The summed E-state index contributed by atoms with van der Waals surface area (Å²) < 4.78 is 0. The average molecular weight is 455 g/mol. The van der Waals surface area contributed by atoms with Crippen LogP contribution in [0.4, 0.5) is 0 Å². The van der Waals surface area contributed by atoms with Gasteiger partial charge >= 0.3 is 5.97 Å². The van der Waals surface area contributed by atoms with E-state index in [-0.39, 0.29) is 17.4 Å². The average Bonchev–Trinajstić information content (AvgIpc) is 2.74. The predicted molar refractivity (Wildman–Crippen MR) is 126 cm³/mol. The molecule has 7 nitrogen and oxygen atoms in total. The highest BCUT2D eigenvalue weighted by Crippen LogP contribution is 2.23. The van der Waals surface area contributed by atoms with Crippen LogP contribution in [0.2, 0.25) is 0 Å². The lowest BCUT2D eigenvalue weighted by Gasteiger charge is -2.24. The van der Waals surface area contributed by atoms with Gasteiger partial charge in [0.15, 0.2) is 6.10 Å². The number of carboxylic acids is 1. The summed E-state index contributed by atoms with van der Waals surface area (Å²) in [6.07, 6.45) is 1.16. The van der Waals surface area contributed by atoms with Crippen LogP contribution in [-0.2, 0) is 4.79 Å². The standard InChI is InChI=1S/C25H42O7/c1-9-13(2)20(26)14(3)10-15(4)21(27)16(5)11-17(6)22(28)18(7)12-19(8)23(29)24(30)25(31)32/h9-12,14,16,18,20-24,26-30H,1-8H3,(H,31,32)/b13-9+,15-10+,17-11+,19-12+/t14-,16+,18+,20+,21+,22+,23+,24+/m1/s1. The minimum absolute atomic E-state index is 0.163. The van der Waals surface area contributed by atoms with Crippen molar-refractivity contribution in [2.45, 2.75) is 85.9 Å². The Morgan fingerprint density at radius 3 is 1.12 bits per heavy atom. The quantitative estimate of drug-likeness (QED) is 0.249. The van der Waals surface area contributed by atoms with Crippen molar-refractivity contribution in [1.29, 1.82) is 0 Å². The normalized spacial score (nSPS) is 21.9. The number of aliphatic hydroxyl groups is 5. The van der Waals surface area contributed by atoms with E-state index in [9.17, 15) is 30.3 Å². The number of rotatable bonds is 12. The molecule has 0 aromatic heterocycles. The molecule has 0 aliphatic rings. The van der Waals surface area contributed by atoms with Crippen LogP contribution in [0.5, 0.6) is 0 Å². The third-order valence-corrected chi connectivity index (χ3v) is 5.94. The van der Waals surface area contributed by atoms with Gasteiger partial charge in [-0.05, 0) is 56.9 Å². The number of hydrogen-bond acceptors (Lipinski definition) is 6. The summed E-state index contributed by atoms with van der Waals surface area (Å²) >= 11 is 0. The van der Waals surface area contributed by atoms with Gasteiger partial charge in [0.25, 0.3) is 0 Å². The van der Waals surface area contributed by atoms with Crippen molar-refractivity contribution in [2.24, 2.45) is 17.8 Å². The first-order valence-electron chi connectivity index (χ1n) is 11.0. The molecule has 184 valence electrons. The summed E-state index contributed by atoms with van der Waals surface area (Å²) in [5.74, 6) is -2.44. The van der Waals surface area contributed by atoms with Crippen molar-refractivity contribution in [2.75, 3.05) is 0 Å². The fraction of sp³-hybridized carbons (Fsp3) is 0.640. The summed E-state index contributed by atoms with van der Waals surface area (Å²) in [5, 5.41) is 59.8. The Hall–Kier alpha value is -1.77. The van der Waals surface area contributed by atoms with Crippen molar-refractivity contribution in [3.05, 3.63) is 46.6 Å². The zero-order chi connectivity index (χ0) is 25.3. The first-order chi connectivity index (χ1) is 14.6. The Labute approximate surface area is 192 Å². The maximum Gasteiger partial charge on any atom is 0.335 e. The second-order valence-corrected chi connectivity index (χ2v) is 8.90. The molecular weight excluding hydrogens is 412 g/mol. The third kappa shape index (κ3) is 9.00. The van der Waals surface area contributed by atoms with Gasteiger partial charge < -0.3 is 30.6 Å². The second kappa shape index (κ2) is 13.7. The van der Waals surface area contributed by atoms with E-state index in [1.54, 1.807) is 26.8 Å². The number of carbonyl (C=O) groups is 1. The van der Waals surface area contributed by atoms with Crippen LogP contribution in [0.15, 0.2) is 46.6 Å². The van der Waals surface area contributed by atoms with Crippen LogP contribution in [0.1, 0.15) is 55.4 Å². The molecule has 0 saturated heterocycles. The molecule has 0 spiro atoms. The smallest absolute Gasteiger partial charge is 0.335 e. The minimum atomic E-state index is -1.94. The van der Waals surface area contributed by atoms with Gasteiger partial charge in [-0.2, -0.15) is 0 Å². The molecule has 7 heteroatoms. The highest BCUT2D eigenvalue weighted by molar-refractivity contribution is 5.73. The van der Waals surface area contributed by atoms with Crippen LogP contribution < -0.4 is 0 Å². The van der Waals surface area contributed by atoms with Crippen LogP contribution >= 0.6 is 0 Å². The molecule has 32 heavy (non-hydrogen) atoms. The van der Waals surface area contributed by atoms with Crippen LogP contribution in [0.25, 0.3) is 0 Å². The molecule has 0 aliphatic heterocycles. The zero-order valence-corrected chi connectivity index (χ0v) is 20.5. The number of carboxylic acid groups (broad SMARTS) is 1. The Balaban J connectivity index is 5.35. The topological polar surface area (TPSA) is 138 Å². The highest BCUT2D eigenvalue weighted by Gasteiger charge is 2.26. The Kier molecular flexibility index (Phi) is 12.9. The molecule has 0 aromatic carbocycles. The van der Waals surface area contributed by atoms with Crippen LogP contribution in [-0.4, -0.2) is 67.1 Å². The third-order valence-electron chi connectivity index (χ3n) is 5.94. The van der Waals surface area contributed by atoms with Gasteiger partial charge in [-0.25, -0.2) is 4.79 Å². The summed E-state index contributed by atoms with van der Waals surface area (Å²) in [7, 11) is 0. The first-order valence-corrected chi connectivity index (χ1v) is 11.0. The van der Waals surface area contributed by atoms with E-state index in [2.05, 4.69) is 0 Å². The van der Waals surface area contributed by atoms with E-state index < -0.39 is 42.4 Å². The molecule has 0 heterocycles. The zero-order valence-electron chi connectivity index (χ0n) is 20.5. The SMILES string of the molecule is C/C=C(\C)[C@H](O)[C@H](C)/C=C(\C)[C@H](O)[C@@H](C)/C=C(\C)[C@H](O)[C@@H](C)/C=C(\C)[C@H](O)[C@H](O)C(=O)O. The van der Waals surface area contributed by atoms with Crippen LogP contribution in [0.3, 0.4) is 0 Å². The van der Waals surface area contributed by atoms with Gasteiger partial charge in [-0.15, -0.1) is 0 Å². The van der Waals surface area contributed by atoms with Gasteiger partial charge in [-0.3, -0.25) is 0 Å². The van der Waals surface area contributed by atoms with E-state index in [0.29, 0.717) is 5.57 Å². The molecular formula is C25H42O7. The number of aliphatic carboxylic acids is 1. The molecule has 0 rings (SSSR count). The minimum Gasteiger partial charge on any atom is -0.479 e. The second-order valence-electron chi connectivity index (χ2n) is 8.90. The molecule has 0 bridgehead atoms. The van der Waals surface area contributed by atoms with Gasteiger partial charge in [0.1, 0.15) is 6.10 Å². The maximum absolute atomic E-state index is 10.8. The number of hydrogen-bond donors (Lipinski definition) is 6. The van der Waals surface area contributed by atoms with Gasteiger partial charge in [0.05, 0.1) is 18.3 Å². The fourth-order valence-corrected chi connectivity index (χ4v) is 3.61. The lowest BCUT2D eigenvalue weighted by molar-refractivity contribution is -0.151. The monoisotopic (exact) mass is 454 g/mol. The largest absolute Gasteiger partial charge is 0.479 e. The van der Waals surface area contributed by atoms with E-state index in [1.807, 2.05) is 39.8 Å². The Bertz CT molecular complexity index is 735.